The lowest BCUT2D eigenvalue weighted by atomic mass is 10.0. The quantitative estimate of drug-likeness (QED) is 0.918. The summed E-state index contributed by atoms with van der Waals surface area (Å²) in [5, 5.41) is 5.03. The minimum Gasteiger partial charge on any atom is -0.493 e. The highest BCUT2D eigenvalue weighted by atomic mass is 16.5. The molecular formula is C19H23NO3. The smallest absolute Gasteiger partial charge is 0.255 e. The molecule has 0 aliphatic carbocycles. The second-order valence-corrected chi connectivity index (χ2v) is 5.91. The topological polar surface area (TPSA) is 47.6 Å². The van der Waals surface area contributed by atoms with Crippen LogP contribution in [0.15, 0.2) is 36.4 Å². The van der Waals surface area contributed by atoms with E-state index in [9.17, 15) is 4.79 Å². The van der Waals surface area contributed by atoms with Gasteiger partial charge in [-0.2, -0.15) is 0 Å². The van der Waals surface area contributed by atoms with Gasteiger partial charge in [0.25, 0.3) is 5.91 Å². The molecule has 1 fully saturated rings. The molecular weight excluding hydrogens is 290 g/mol. The normalized spacial score (nSPS) is 18.8. The van der Waals surface area contributed by atoms with Crippen molar-refractivity contribution < 1.29 is 14.3 Å². The minimum atomic E-state index is -0.103. The van der Waals surface area contributed by atoms with Gasteiger partial charge in [-0.1, -0.05) is 30.3 Å². The van der Waals surface area contributed by atoms with Gasteiger partial charge in [0.05, 0.1) is 24.3 Å². The molecule has 0 spiro atoms. The highest BCUT2D eigenvalue weighted by Gasteiger charge is 2.25. The van der Waals surface area contributed by atoms with E-state index in [4.69, 9.17) is 9.47 Å². The van der Waals surface area contributed by atoms with E-state index in [1.54, 1.807) is 0 Å². The molecule has 0 radical (unpaired) electrons. The van der Waals surface area contributed by atoms with Crippen LogP contribution in [0, 0.1) is 0 Å². The fourth-order valence-corrected chi connectivity index (χ4v) is 3.13. The van der Waals surface area contributed by atoms with Gasteiger partial charge in [0.2, 0.25) is 0 Å². The molecule has 0 bridgehead atoms. The zero-order chi connectivity index (χ0) is 16.2. The molecule has 122 valence electrons. The molecule has 1 N–H and O–H groups in total. The number of fused-ring (bicyclic) bond motifs is 1. The van der Waals surface area contributed by atoms with Gasteiger partial charge < -0.3 is 14.8 Å². The number of hydrogen-bond acceptors (Lipinski definition) is 3. The van der Waals surface area contributed by atoms with Crippen molar-refractivity contribution in [2.75, 3.05) is 13.2 Å². The predicted molar refractivity (Wildman–Crippen MR) is 91.0 cm³/mol. The second kappa shape index (κ2) is 7.01. The first kappa shape index (κ1) is 15.8. The van der Waals surface area contributed by atoms with E-state index in [0.717, 1.165) is 30.2 Å². The van der Waals surface area contributed by atoms with Crippen molar-refractivity contribution in [2.45, 2.75) is 38.8 Å². The lowest BCUT2D eigenvalue weighted by molar-refractivity contribution is 0.0711. The fraction of sp³-hybridized carbons (Fsp3) is 0.421. The number of carbonyl (C=O) groups is 1. The van der Waals surface area contributed by atoms with E-state index in [-0.39, 0.29) is 18.1 Å². The highest BCUT2D eigenvalue weighted by molar-refractivity contribution is 6.09. The Morgan fingerprint density at radius 2 is 2.17 bits per heavy atom. The second-order valence-electron chi connectivity index (χ2n) is 5.91. The van der Waals surface area contributed by atoms with E-state index in [1.165, 1.54) is 0 Å². The van der Waals surface area contributed by atoms with Crippen LogP contribution in [-0.4, -0.2) is 31.3 Å². The predicted octanol–water partition coefficient (Wildman–Crippen LogP) is 3.54. The maximum atomic E-state index is 12.9. The van der Waals surface area contributed by atoms with Crippen LogP contribution in [0.3, 0.4) is 0 Å². The summed E-state index contributed by atoms with van der Waals surface area (Å²) in [6.07, 6.45) is 2.16. The van der Waals surface area contributed by atoms with E-state index >= 15 is 0 Å². The average Bonchev–Trinajstić information content (AvgIpc) is 3.09. The SMILES string of the molecule is CCOc1ccc2ccccc2c1C(=O)N[C@@H](C)[C@H]1CCCO1. The number of carbonyl (C=O) groups excluding carboxylic acids is 1. The monoisotopic (exact) mass is 313 g/mol. The zero-order valence-electron chi connectivity index (χ0n) is 13.7. The zero-order valence-corrected chi connectivity index (χ0v) is 13.7. The third-order valence-corrected chi connectivity index (χ3v) is 4.30. The molecule has 0 aromatic heterocycles. The first-order valence-electron chi connectivity index (χ1n) is 8.27. The summed E-state index contributed by atoms with van der Waals surface area (Å²) in [6.45, 7) is 5.23. The van der Waals surface area contributed by atoms with Crippen LogP contribution < -0.4 is 10.1 Å². The van der Waals surface area contributed by atoms with Gasteiger partial charge in [0.15, 0.2) is 0 Å². The average molecular weight is 313 g/mol. The first-order valence-corrected chi connectivity index (χ1v) is 8.27. The Labute approximate surface area is 136 Å². The lowest BCUT2D eigenvalue weighted by Crippen LogP contribution is -2.41. The summed E-state index contributed by atoms with van der Waals surface area (Å²) < 4.78 is 11.4. The maximum Gasteiger partial charge on any atom is 0.255 e. The molecule has 1 saturated heterocycles. The van der Waals surface area contributed by atoms with Crippen molar-refractivity contribution in [3.63, 3.8) is 0 Å². The van der Waals surface area contributed by atoms with Gasteiger partial charge in [-0.05, 0) is 43.5 Å². The standard InChI is InChI=1S/C19H23NO3/c1-3-22-17-11-10-14-7-4-5-8-15(14)18(17)19(21)20-13(2)16-9-6-12-23-16/h4-5,7-8,10-11,13,16H,3,6,9,12H2,1-2H3,(H,20,21)/t13-,16+/m0/s1. The summed E-state index contributed by atoms with van der Waals surface area (Å²) in [7, 11) is 0. The van der Waals surface area contributed by atoms with Crippen molar-refractivity contribution in [3.05, 3.63) is 42.0 Å². The Bertz CT molecular complexity index is 692. The van der Waals surface area contributed by atoms with Crippen LogP contribution in [0.4, 0.5) is 0 Å². The third-order valence-electron chi connectivity index (χ3n) is 4.30. The molecule has 2 aromatic carbocycles. The molecule has 2 aromatic rings. The van der Waals surface area contributed by atoms with E-state index in [2.05, 4.69) is 5.32 Å². The Hall–Kier alpha value is -2.07. The largest absolute Gasteiger partial charge is 0.493 e. The first-order chi connectivity index (χ1) is 11.2. The van der Waals surface area contributed by atoms with E-state index < -0.39 is 0 Å². The summed E-state index contributed by atoms with van der Waals surface area (Å²) in [5.41, 5.74) is 0.606. The van der Waals surface area contributed by atoms with Gasteiger partial charge in [0.1, 0.15) is 5.75 Å². The summed E-state index contributed by atoms with van der Waals surface area (Å²) in [6, 6.07) is 11.7. The highest BCUT2D eigenvalue weighted by Crippen LogP contribution is 2.28. The molecule has 23 heavy (non-hydrogen) atoms. The molecule has 4 nitrogen and oxygen atoms in total. The summed E-state index contributed by atoms with van der Waals surface area (Å²) in [5.74, 6) is 0.525. The molecule has 0 saturated carbocycles. The van der Waals surface area contributed by atoms with Crippen molar-refractivity contribution in [1.82, 2.24) is 5.32 Å². The Balaban J connectivity index is 1.92. The van der Waals surface area contributed by atoms with Crippen molar-refractivity contribution in [2.24, 2.45) is 0 Å². The molecule has 0 unspecified atom stereocenters. The summed E-state index contributed by atoms with van der Waals surface area (Å²) >= 11 is 0. The van der Waals surface area contributed by atoms with Crippen LogP contribution in [0.1, 0.15) is 37.0 Å². The van der Waals surface area contributed by atoms with Crippen molar-refractivity contribution in [1.29, 1.82) is 0 Å². The van der Waals surface area contributed by atoms with Gasteiger partial charge in [-0.25, -0.2) is 0 Å². The number of hydrogen-bond donors (Lipinski definition) is 1. The van der Waals surface area contributed by atoms with Crippen LogP contribution in [0.5, 0.6) is 5.75 Å². The summed E-state index contributed by atoms with van der Waals surface area (Å²) in [4.78, 5) is 12.9. The Morgan fingerprint density at radius 1 is 1.35 bits per heavy atom. The number of amides is 1. The van der Waals surface area contributed by atoms with Gasteiger partial charge in [-0.15, -0.1) is 0 Å². The minimum absolute atomic E-state index is 0.0153. The third kappa shape index (κ3) is 3.32. The lowest BCUT2D eigenvalue weighted by Gasteiger charge is -2.21. The number of rotatable bonds is 5. The fourth-order valence-electron chi connectivity index (χ4n) is 3.13. The van der Waals surface area contributed by atoms with Crippen molar-refractivity contribution >= 4 is 16.7 Å². The van der Waals surface area contributed by atoms with Gasteiger partial charge >= 0.3 is 0 Å². The molecule has 3 rings (SSSR count). The maximum absolute atomic E-state index is 12.9. The van der Waals surface area contributed by atoms with E-state index in [0.29, 0.717) is 17.9 Å². The molecule has 1 aliphatic heterocycles. The molecule has 1 amide bonds. The van der Waals surface area contributed by atoms with E-state index in [1.807, 2.05) is 50.2 Å². The Kier molecular flexibility index (Phi) is 4.82. The van der Waals surface area contributed by atoms with Crippen molar-refractivity contribution in [3.8, 4) is 5.75 Å². The van der Waals surface area contributed by atoms with Crippen LogP contribution in [0.2, 0.25) is 0 Å². The molecule has 2 atom stereocenters. The van der Waals surface area contributed by atoms with Crippen LogP contribution >= 0.6 is 0 Å². The van der Waals surface area contributed by atoms with Gasteiger partial charge in [0, 0.05) is 6.61 Å². The van der Waals surface area contributed by atoms with Crippen LogP contribution in [-0.2, 0) is 4.74 Å². The van der Waals surface area contributed by atoms with Gasteiger partial charge in [-0.3, -0.25) is 4.79 Å². The van der Waals surface area contributed by atoms with Crippen LogP contribution in [0.25, 0.3) is 10.8 Å². The number of ether oxygens (including phenoxy) is 2. The number of nitrogens with one attached hydrogen (secondary N) is 1. The molecule has 1 heterocycles. The molecule has 1 aliphatic rings. The Morgan fingerprint density at radius 3 is 2.91 bits per heavy atom. The number of benzene rings is 2. The molecule has 4 heteroatoms.